The minimum absolute atomic E-state index is 0.00530. The second-order valence-electron chi connectivity index (χ2n) is 7.06. The van der Waals surface area contributed by atoms with Crippen molar-refractivity contribution in [3.8, 4) is 0 Å². The van der Waals surface area contributed by atoms with Gasteiger partial charge in [-0.15, -0.1) is 0 Å². The predicted octanol–water partition coefficient (Wildman–Crippen LogP) is 6.05. The van der Waals surface area contributed by atoms with Crippen LogP contribution in [0.15, 0.2) is 30.3 Å². The Balaban J connectivity index is 1.56. The van der Waals surface area contributed by atoms with Crippen LogP contribution in [0.3, 0.4) is 0 Å². The van der Waals surface area contributed by atoms with Gasteiger partial charge in [-0.25, -0.2) is 4.98 Å². The molecular weight excluding hydrogens is 421 g/mol. The van der Waals surface area contributed by atoms with Gasteiger partial charge in [-0.1, -0.05) is 22.9 Å². The summed E-state index contributed by atoms with van der Waals surface area (Å²) in [6, 6.07) is 8.57. The fourth-order valence-corrected chi connectivity index (χ4v) is 5.12. The second-order valence-corrected chi connectivity index (χ2v) is 8.50. The van der Waals surface area contributed by atoms with Gasteiger partial charge in [0.1, 0.15) is 0 Å². The number of thiazole rings is 1. The van der Waals surface area contributed by atoms with Crippen molar-refractivity contribution in [3.05, 3.63) is 52.2 Å². The van der Waals surface area contributed by atoms with Crippen molar-refractivity contribution in [2.24, 2.45) is 0 Å². The van der Waals surface area contributed by atoms with E-state index in [1.807, 2.05) is 23.1 Å². The Bertz CT molecular complexity index is 1240. The van der Waals surface area contributed by atoms with Gasteiger partial charge in [-0.2, -0.15) is 13.2 Å². The molecule has 2 aromatic carbocycles. The fourth-order valence-electron chi connectivity index (χ4n) is 3.89. The topological polar surface area (TPSA) is 44.0 Å². The third-order valence-electron chi connectivity index (χ3n) is 5.29. The quantitative estimate of drug-likeness (QED) is 0.401. The van der Waals surface area contributed by atoms with Crippen LogP contribution in [0.5, 0.6) is 0 Å². The van der Waals surface area contributed by atoms with Crippen LogP contribution < -0.4 is 10.2 Å². The molecule has 150 valence electrons. The SMILES string of the molecule is CNc1cc(C(F)(F)F)c2nc(N3CCc4c([nH]c5ccc(Cl)cc45)C3)sc2c1. The minimum atomic E-state index is -4.46. The summed E-state index contributed by atoms with van der Waals surface area (Å²) in [5.41, 5.74) is 3.01. The molecule has 0 fully saturated rings. The molecule has 0 atom stereocenters. The zero-order chi connectivity index (χ0) is 20.3. The monoisotopic (exact) mass is 436 g/mol. The van der Waals surface area contributed by atoms with Crippen molar-refractivity contribution >= 4 is 54.9 Å². The molecule has 9 heteroatoms. The van der Waals surface area contributed by atoms with Gasteiger partial charge in [-0.3, -0.25) is 0 Å². The smallest absolute Gasteiger partial charge is 0.388 e. The van der Waals surface area contributed by atoms with Gasteiger partial charge >= 0.3 is 6.18 Å². The molecule has 0 aliphatic carbocycles. The van der Waals surface area contributed by atoms with Crippen LogP contribution in [0.2, 0.25) is 5.02 Å². The molecule has 0 spiro atoms. The van der Waals surface area contributed by atoms with Crippen LogP contribution in [-0.2, 0) is 19.1 Å². The summed E-state index contributed by atoms with van der Waals surface area (Å²) in [6.45, 7) is 1.26. The highest BCUT2D eigenvalue weighted by molar-refractivity contribution is 7.22. The van der Waals surface area contributed by atoms with E-state index in [-0.39, 0.29) is 5.52 Å². The Labute approximate surface area is 173 Å². The first-order chi connectivity index (χ1) is 13.8. The molecular formula is C20H16ClF3N4S. The average Bonchev–Trinajstić information content (AvgIpc) is 3.26. The molecule has 0 saturated heterocycles. The standard InChI is InChI=1S/C20H16ClF3N4S/c1-25-11-7-14(20(22,23)24)18-17(8-11)29-19(27-18)28-5-4-12-13-6-10(21)2-3-15(13)26-16(12)9-28/h2-3,6-8,25-26H,4-5,9H2,1H3. The molecule has 4 nitrogen and oxygen atoms in total. The van der Waals surface area contributed by atoms with E-state index in [1.54, 1.807) is 13.1 Å². The van der Waals surface area contributed by atoms with E-state index < -0.39 is 11.7 Å². The normalized spacial score (nSPS) is 14.6. The summed E-state index contributed by atoms with van der Waals surface area (Å²) < 4.78 is 41.1. The Kier molecular flexibility index (Phi) is 4.18. The zero-order valence-electron chi connectivity index (χ0n) is 15.3. The predicted molar refractivity (Wildman–Crippen MR) is 112 cm³/mol. The average molecular weight is 437 g/mol. The Hall–Kier alpha value is -2.45. The number of nitrogens with one attached hydrogen (secondary N) is 2. The maximum absolute atomic E-state index is 13.5. The maximum Gasteiger partial charge on any atom is 0.418 e. The van der Waals surface area contributed by atoms with Gasteiger partial charge in [0, 0.05) is 40.9 Å². The molecule has 2 N–H and O–H groups in total. The van der Waals surface area contributed by atoms with Crippen LogP contribution >= 0.6 is 22.9 Å². The van der Waals surface area contributed by atoms with E-state index in [4.69, 9.17) is 11.6 Å². The number of anilines is 2. The third-order valence-corrected chi connectivity index (χ3v) is 6.58. The lowest BCUT2D eigenvalue weighted by atomic mass is 10.0. The summed E-state index contributed by atoms with van der Waals surface area (Å²) in [6.07, 6.45) is -3.68. The zero-order valence-corrected chi connectivity index (χ0v) is 16.9. The number of nitrogens with zero attached hydrogens (tertiary/aromatic N) is 2. The minimum Gasteiger partial charge on any atom is -0.388 e. The van der Waals surface area contributed by atoms with Crippen molar-refractivity contribution in [2.45, 2.75) is 19.1 Å². The summed E-state index contributed by atoms with van der Waals surface area (Å²) in [4.78, 5) is 9.83. The van der Waals surface area contributed by atoms with E-state index in [9.17, 15) is 13.2 Å². The number of benzene rings is 2. The number of aromatic amines is 1. The fraction of sp³-hybridized carbons (Fsp3) is 0.250. The van der Waals surface area contributed by atoms with E-state index >= 15 is 0 Å². The van der Waals surface area contributed by atoms with Crippen LogP contribution in [0, 0.1) is 0 Å². The van der Waals surface area contributed by atoms with Crippen molar-refractivity contribution in [1.82, 2.24) is 9.97 Å². The highest BCUT2D eigenvalue weighted by Gasteiger charge is 2.35. The van der Waals surface area contributed by atoms with Gasteiger partial charge in [0.15, 0.2) is 5.13 Å². The molecule has 0 unspecified atom stereocenters. The second kappa shape index (κ2) is 6.53. The van der Waals surface area contributed by atoms with Gasteiger partial charge in [-0.05, 0) is 42.3 Å². The summed E-state index contributed by atoms with van der Waals surface area (Å²) in [5.74, 6) is 0. The van der Waals surface area contributed by atoms with Gasteiger partial charge < -0.3 is 15.2 Å². The van der Waals surface area contributed by atoms with E-state index in [2.05, 4.69) is 15.3 Å². The number of hydrogen-bond acceptors (Lipinski definition) is 4. The number of rotatable bonds is 2. The summed E-state index contributed by atoms with van der Waals surface area (Å²) in [7, 11) is 1.61. The molecule has 0 amide bonds. The number of fused-ring (bicyclic) bond motifs is 4. The van der Waals surface area contributed by atoms with Crippen LogP contribution in [0.25, 0.3) is 21.1 Å². The first-order valence-electron chi connectivity index (χ1n) is 9.07. The molecule has 5 rings (SSSR count). The summed E-state index contributed by atoms with van der Waals surface area (Å²) in [5, 5.41) is 5.19. The van der Waals surface area contributed by atoms with Crippen molar-refractivity contribution < 1.29 is 13.2 Å². The van der Waals surface area contributed by atoms with Crippen molar-refractivity contribution in [1.29, 1.82) is 0 Å². The van der Waals surface area contributed by atoms with E-state index in [0.29, 0.717) is 33.6 Å². The Morgan fingerprint density at radius 1 is 1.24 bits per heavy atom. The van der Waals surface area contributed by atoms with Gasteiger partial charge in [0.25, 0.3) is 0 Å². The lowest BCUT2D eigenvalue weighted by Gasteiger charge is -2.26. The first-order valence-corrected chi connectivity index (χ1v) is 10.3. The molecule has 0 bridgehead atoms. The van der Waals surface area contributed by atoms with Crippen molar-refractivity contribution in [2.75, 3.05) is 23.8 Å². The lowest BCUT2D eigenvalue weighted by molar-refractivity contribution is -0.136. The van der Waals surface area contributed by atoms with E-state index in [1.165, 1.54) is 16.9 Å². The molecule has 1 aliphatic rings. The molecule has 2 aromatic heterocycles. The van der Waals surface area contributed by atoms with Gasteiger partial charge in [0.2, 0.25) is 0 Å². The Morgan fingerprint density at radius 3 is 2.83 bits per heavy atom. The van der Waals surface area contributed by atoms with Crippen LogP contribution in [-0.4, -0.2) is 23.6 Å². The first kappa shape index (κ1) is 18.6. The number of alkyl halides is 3. The van der Waals surface area contributed by atoms with Crippen LogP contribution in [0.4, 0.5) is 24.0 Å². The number of H-pyrrole nitrogens is 1. The summed E-state index contributed by atoms with van der Waals surface area (Å²) >= 11 is 7.42. The number of hydrogen-bond donors (Lipinski definition) is 2. The van der Waals surface area contributed by atoms with E-state index in [0.717, 1.165) is 29.1 Å². The third kappa shape index (κ3) is 3.11. The molecule has 29 heavy (non-hydrogen) atoms. The molecule has 1 aliphatic heterocycles. The highest BCUT2D eigenvalue weighted by atomic mass is 35.5. The van der Waals surface area contributed by atoms with Crippen molar-refractivity contribution in [3.63, 3.8) is 0 Å². The number of halogens is 4. The molecule has 3 heterocycles. The molecule has 0 saturated carbocycles. The van der Waals surface area contributed by atoms with Crippen LogP contribution in [0.1, 0.15) is 16.8 Å². The largest absolute Gasteiger partial charge is 0.418 e. The molecule has 4 aromatic rings. The molecule has 0 radical (unpaired) electrons. The van der Waals surface area contributed by atoms with Gasteiger partial charge in [0.05, 0.1) is 22.3 Å². The Morgan fingerprint density at radius 2 is 2.07 bits per heavy atom. The lowest BCUT2D eigenvalue weighted by Crippen LogP contribution is -2.30. The number of aromatic nitrogens is 2. The maximum atomic E-state index is 13.5. The highest BCUT2D eigenvalue weighted by Crippen LogP contribution is 2.41.